The highest BCUT2D eigenvalue weighted by Crippen LogP contribution is 2.21. The van der Waals surface area contributed by atoms with E-state index in [1.165, 1.54) is 11.3 Å². The Morgan fingerprint density at radius 1 is 1.32 bits per heavy atom. The predicted molar refractivity (Wildman–Crippen MR) is 75.2 cm³/mol. The average molecular weight is 280 g/mol. The van der Waals surface area contributed by atoms with Gasteiger partial charge in [0.25, 0.3) is 5.91 Å². The molecule has 1 atom stereocenters. The van der Waals surface area contributed by atoms with E-state index in [0.717, 1.165) is 45.4 Å². The number of carbonyl (C=O) groups is 1. The van der Waals surface area contributed by atoms with Gasteiger partial charge in [-0.3, -0.25) is 9.69 Å². The first-order chi connectivity index (χ1) is 9.24. The monoisotopic (exact) mass is 280 g/mol. The van der Waals surface area contributed by atoms with Gasteiger partial charge < -0.3 is 10.6 Å². The summed E-state index contributed by atoms with van der Waals surface area (Å²) in [7, 11) is 0. The third kappa shape index (κ3) is 2.80. The summed E-state index contributed by atoms with van der Waals surface area (Å²) in [5, 5.41) is 1.83. The molecule has 1 unspecified atom stereocenters. The molecule has 1 amide bonds. The van der Waals surface area contributed by atoms with Crippen LogP contribution in [-0.2, 0) is 0 Å². The van der Waals surface area contributed by atoms with Crippen molar-refractivity contribution < 1.29 is 4.79 Å². The zero-order chi connectivity index (χ0) is 13.2. The Hall–Kier alpha value is -0.980. The maximum atomic E-state index is 12.2. The minimum absolute atomic E-state index is 0.0810. The number of nitrogens with zero attached hydrogens (tertiary/aromatic N) is 3. The van der Waals surface area contributed by atoms with Gasteiger partial charge in [0.1, 0.15) is 5.69 Å². The van der Waals surface area contributed by atoms with Crippen LogP contribution < -0.4 is 5.73 Å². The Kier molecular flexibility index (Phi) is 3.81. The molecule has 104 valence electrons. The van der Waals surface area contributed by atoms with Crippen LogP contribution in [-0.4, -0.2) is 59.0 Å². The Bertz CT molecular complexity index is 428. The molecule has 0 aromatic carbocycles. The summed E-state index contributed by atoms with van der Waals surface area (Å²) in [5.41, 5.74) is 8.24. The van der Waals surface area contributed by atoms with Gasteiger partial charge in [-0.2, -0.15) is 0 Å². The molecule has 2 aliphatic heterocycles. The molecule has 0 spiro atoms. The van der Waals surface area contributed by atoms with Gasteiger partial charge in [0.2, 0.25) is 0 Å². The smallest absolute Gasteiger partial charge is 0.273 e. The van der Waals surface area contributed by atoms with E-state index in [4.69, 9.17) is 5.73 Å². The number of aromatic nitrogens is 1. The molecular formula is C13H20N4OS. The number of hydrogen-bond acceptors (Lipinski definition) is 5. The summed E-state index contributed by atoms with van der Waals surface area (Å²) >= 11 is 1.47. The van der Waals surface area contributed by atoms with Crippen LogP contribution in [0.5, 0.6) is 0 Å². The largest absolute Gasteiger partial charge is 0.336 e. The molecule has 2 saturated heterocycles. The van der Waals surface area contributed by atoms with E-state index in [1.54, 1.807) is 5.51 Å². The first kappa shape index (κ1) is 13.0. The van der Waals surface area contributed by atoms with Gasteiger partial charge >= 0.3 is 0 Å². The SMILES string of the molecule is NC1CCN(C2CCN(C(=O)c3cscn3)C2)CC1. The standard InChI is InChI=1S/C13H20N4OS/c14-10-1-4-16(5-2-10)11-3-6-17(7-11)13(18)12-8-19-9-15-12/h8-11H,1-7,14H2. The van der Waals surface area contributed by atoms with Gasteiger partial charge in [-0.05, 0) is 32.4 Å². The van der Waals surface area contributed by atoms with Crippen LogP contribution in [0.25, 0.3) is 0 Å². The van der Waals surface area contributed by atoms with Crippen molar-refractivity contribution in [2.45, 2.75) is 31.3 Å². The molecule has 2 N–H and O–H groups in total. The highest BCUT2D eigenvalue weighted by Gasteiger charge is 2.32. The minimum atomic E-state index is 0.0810. The van der Waals surface area contributed by atoms with Crippen LogP contribution in [0.4, 0.5) is 0 Å². The zero-order valence-electron chi connectivity index (χ0n) is 11.0. The van der Waals surface area contributed by atoms with Crippen molar-refractivity contribution >= 4 is 17.2 Å². The van der Waals surface area contributed by atoms with Gasteiger partial charge in [0.15, 0.2) is 0 Å². The molecule has 1 aromatic heterocycles. The van der Waals surface area contributed by atoms with E-state index >= 15 is 0 Å². The van der Waals surface area contributed by atoms with Crippen LogP contribution >= 0.6 is 11.3 Å². The van der Waals surface area contributed by atoms with Crippen molar-refractivity contribution in [1.82, 2.24) is 14.8 Å². The first-order valence-electron chi connectivity index (χ1n) is 6.91. The molecule has 5 nitrogen and oxygen atoms in total. The zero-order valence-corrected chi connectivity index (χ0v) is 11.8. The Morgan fingerprint density at radius 3 is 2.79 bits per heavy atom. The maximum Gasteiger partial charge on any atom is 0.273 e. The van der Waals surface area contributed by atoms with Gasteiger partial charge in [0.05, 0.1) is 5.51 Å². The molecule has 0 radical (unpaired) electrons. The fraction of sp³-hybridized carbons (Fsp3) is 0.692. The second-order valence-electron chi connectivity index (χ2n) is 5.44. The minimum Gasteiger partial charge on any atom is -0.336 e. The van der Waals surface area contributed by atoms with Crippen molar-refractivity contribution in [2.24, 2.45) is 5.73 Å². The molecule has 1 aromatic rings. The second-order valence-corrected chi connectivity index (χ2v) is 6.16. The predicted octanol–water partition coefficient (Wildman–Crippen LogP) is 0.781. The van der Waals surface area contributed by atoms with Crippen LogP contribution in [0, 0.1) is 0 Å². The van der Waals surface area contributed by atoms with E-state index in [2.05, 4.69) is 9.88 Å². The van der Waals surface area contributed by atoms with Gasteiger partial charge in [-0.15, -0.1) is 11.3 Å². The fourth-order valence-electron chi connectivity index (χ4n) is 2.99. The van der Waals surface area contributed by atoms with E-state index < -0.39 is 0 Å². The maximum absolute atomic E-state index is 12.2. The summed E-state index contributed by atoms with van der Waals surface area (Å²) in [6, 6.07) is 0.875. The topological polar surface area (TPSA) is 62.5 Å². The van der Waals surface area contributed by atoms with Gasteiger partial charge in [0, 0.05) is 30.6 Å². The lowest BCUT2D eigenvalue weighted by atomic mass is 10.0. The van der Waals surface area contributed by atoms with Crippen molar-refractivity contribution in [3.63, 3.8) is 0 Å². The molecular weight excluding hydrogens is 260 g/mol. The van der Waals surface area contributed by atoms with Gasteiger partial charge in [-0.1, -0.05) is 0 Å². The number of rotatable bonds is 2. The summed E-state index contributed by atoms with van der Waals surface area (Å²) in [6.07, 6.45) is 3.23. The Labute approximate surface area is 117 Å². The number of amides is 1. The average Bonchev–Trinajstić information content (AvgIpc) is 3.10. The number of piperidine rings is 1. The summed E-state index contributed by atoms with van der Waals surface area (Å²) in [5.74, 6) is 0.0810. The molecule has 2 fully saturated rings. The van der Waals surface area contributed by atoms with Crippen LogP contribution in [0.3, 0.4) is 0 Å². The molecule has 6 heteroatoms. The van der Waals surface area contributed by atoms with Crippen LogP contribution in [0.1, 0.15) is 29.8 Å². The van der Waals surface area contributed by atoms with Crippen molar-refractivity contribution in [1.29, 1.82) is 0 Å². The van der Waals surface area contributed by atoms with Gasteiger partial charge in [-0.25, -0.2) is 4.98 Å². The molecule has 3 heterocycles. The van der Waals surface area contributed by atoms with E-state index in [1.807, 2.05) is 10.3 Å². The quantitative estimate of drug-likeness (QED) is 0.869. The Morgan fingerprint density at radius 2 is 2.11 bits per heavy atom. The third-order valence-corrected chi connectivity index (χ3v) is 4.78. The van der Waals surface area contributed by atoms with Crippen molar-refractivity contribution in [3.8, 4) is 0 Å². The lowest BCUT2D eigenvalue weighted by Gasteiger charge is -2.34. The number of nitrogens with two attached hydrogens (primary N) is 1. The normalized spacial score (nSPS) is 25.9. The third-order valence-electron chi connectivity index (χ3n) is 4.19. The van der Waals surface area contributed by atoms with E-state index in [9.17, 15) is 4.79 Å². The molecule has 19 heavy (non-hydrogen) atoms. The number of likely N-dealkylation sites (tertiary alicyclic amines) is 2. The number of hydrogen-bond donors (Lipinski definition) is 1. The van der Waals surface area contributed by atoms with Crippen molar-refractivity contribution in [3.05, 3.63) is 16.6 Å². The first-order valence-corrected chi connectivity index (χ1v) is 7.85. The molecule has 0 aliphatic carbocycles. The summed E-state index contributed by atoms with van der Waals surface area (Å²) in [6.45, 7) is 3.84. The second kappa shape index (κ2) is 5.56. The van der Waals surface area contributed by atoms with E-state index in [0.29, 0.717) is 17.8 Å². The Balaban J connectivity index is 1.57. The van der Waals surface area contributed by atoms with Crippen LogP contribution in [0.2, 0.25) is 0 Å². The lowest BCUT2D eigenvalue weighted by Crippen LogP contribution is -2.46. The molecule has 3 rings (SSSR count). The number of carbonyl (C=O) groups excluding carboxylic acids is 1. The van der Waals surface area contributed by atoms with Crippen molar-refractivity contribution in [2.75, 3.05) is 26.2 Å². The fourth-order valence-corrected chi connectivity index (χ4v) is 3.51. The number of thiazole rings is 1. The summed E-state index contributed by atoms with van der Waals surface area (Å²) in [4.78, 5) is 20.8. The van der Waals surface area contributed by atoms with E-state index in [-0.39, 0.29) is 5.91 Å². The highest BCUT2D eigenvalue weighted by atomic mass is 32.1. The lowest BCUT2D eigenvalue weighted by molar-refractivity contribution is 0.0764. The molecule has 0 saturated carbocycles. The molecule has 2 aliphatic rings. The van der Waals surface area contributed by atoms with Crippen LogP contribution in [0.15, 0.2) is 10.9 Å². The summed E-state index contributed by atoms with van der Waals surface area (Å²) < 4.78 is 0. The highest BCUT2D eigenvalue weighted by molar-refractivity contribution is 7.07. The molecule has 0 bridgehead atoms.